The maximum atomic E-state index is 14.1. The van der Waals surface area contributed by atoms with E-state index in [1.165, 1.54) is 0 Å². The molecule has 0 amide bonds. The number of hydrogen-bond donors (Lipinski definition) is 1. The van der Waals surface area contributed by atoms with E-state index in [1.807, 2.05) is 42.5 Å². The summed E-state index contributed by atoms with van der Waals surface area (Å²) in [5.74, 6) is -0.978. The molecule has 0 aliphatic heterocycles. The van der Waals surface area contributed by atoms with Crippen LogP contribution < -0.4 is 4.74 Å². The van der Waals surface area contributed by atoms with Crippen LogP contribution in [0, 0.1) is 5.82 Å². The van der Waals surface area contributed by atoms with Gasteiger partial charge in [-0.3, -0.25) is 4.79 Å². The fourth-order valence-electron chi connectivity index (χ4n) is 2.99. The Morgan fingerprint density at radius 2 is 1.78 bits per heavy atom. The molecule has 0 saturated carbocycles. The average molecular weight is 568 g/mol. The highest BCUT2D eigenvalue weighted by Crippen LogP contribution is 2.26. The van der Waals surface area contributed by atoms with Crippen LogP contribution in [0.25, 0.3) is 0 Å². The van der Waals surface area contributed by atoms with Crippen molar-refractivity contribution < 1.29 is 33.2 Å². The van der Waals surface area contributed by atoms with Crippen molar-refractivity contribution in [1.29, 1.82) is 0 Å². The first-order chi connectivity index (χ1) is 15.0. The Hall–Kier alpha value is -0.970. The van der Waals surface area contributed by atoms with Gasteiger partial charge < -0.3 is 24.1 Å². The van der Waals surface area contributed by atoms with Crippen LogP contribution in [-0.4, -0.2) is 53.3 Å². The monoisotopic (exact) mass is 568 g/mol. The summed E-state index contributed by atoms with van der Waals surface area (Å²) in [6.07, 6.45) is 4.82. The van der Waals surface area contributed by atoms with Crippen LogP contribution in [0.4, 0.5) is 4.39 Å². The molecule has 1 unspecified atom stereocenters. The van der Waals surface area contributed by atoms with Crippen LogP contribution in [0.5, 0.6) is 5.75 Å². The summed E-state index contributed by atoms with van der Waals surface area (Å²) < 4.78 is 35.9. The third-order valence-electron chi connectivity index (χ3n) is 4.85. The smallest absolute Gasteiger partial charge is 0.307 e. The average Bonchev–Trinajstić information content (AvgIpc) is 2.67. The Morgan fingerprint density at radius 3 is 2.44 bits per heavy atom. The molecule has 0 radical (unpaired) electrons. The van der Waals surface area contributed by atoms with Crippen molar-refractivity contribution in [3.05, 3.63) is 29.6 Å². The largest absolute Gasteiger partial charge is 0.488 e. The number of carboxylic acids is 1. The molecule has 0 heterocycles. The zero-order chi connectivity index (χ0) is 24.0. The van der Waals surface area contributed by atoms with Gasteiger partial charge in [0.1, 0.15) is 10.2 Å². The third-order valence-corrected chi connectivity index (χ3v) is 5.54. The second kappa shape index (κ2) is 15.0. The van der Waals surface area contributed by atoms with Gasteiger partial charge in [-0.15, -0.1) is 0 Å². The van der Waals surface area contributed by atoms with Crippen molar-refractivity contribution in [2.45, 2.75) is 75.4 Å². The van der Waals surface area contributed by atoms with E-state index < -0.39 is 15.2 Å². The van der Waals surface area contributed by atoms with E-state index in [2.05, 4.69) is 6.92 Å². The van der Waals surface area contributed by atoms with Gasteiger partial charge in [0.25, 0.3) is 0 Å². The molecule has 0 fully saturated rings. The molecule has 1 rings (SSSR count). The Bertz CT molecular complexity index is 680. The molecule has 1 atom stereocenters. The molecule has 184 valence electrons. The van der Waals surface area contributed by atoms with E-state index in [0.717, 1.165) is 31.2 Å². The van der Waals surface area contributed by atoms with Gasteiger partial charge in [-0.05, 0) is 80.3 Å². The molecule has 0 spiro atoms. The Morgan fingerprint density at radius 1 is 1.06 bits per heavy atom. The minimum Gasteiger partial charge on any atom is -0.488 e. The number of carbonyl (C=O) groups is 1. The van der Waals surface area contributed by atoms with Gasteiger partial charge in [-0.25, -0.2) is 4.39 Å². The third kappa shape index (κ3) is 13.5. The van der Waals surface area contributed by atoms with Crippen LogP contribution in [-0.2, 0) is 25.4 Å². The summed E-state index contributed by atoms with van der Waals surface area (Å²) in [5, 5.41) is 8.89. The molecule has 32 heavy (non-hydrogen) atoms. The summed E-state index contributed by atoms with van der Waals surface area (Å²) in [7, 11) is 0. The molecule has 1 N–H and O–H groups in total. The quantitative estimate of drug-likeness (QED) is 0.138. The van der Waals surface area contributed by atoms with E-state index in [9.17, 15) is 9.18 Å². The predicted molar refractivity (Wildman–Crippen MR) is 131 cm³/mol. The number of halogens is 2. The number of hydrogen-bond acceptors (Lipinski definition) is 5. The highest BCUT2D eigenvalue weighted by molar-refractivity contribution is 14.1. The van der Waals surface area contributed by atoms with Crippen molar-refractivity contribution in [1.82, 2.24) is 0 Å². The maximum Gasteiger partial charge on any atom is 0.307 e. The van der Waals surface area contributed by atoms with Gasteiger partial charge in [0.2, 0.25) is 0 Å². The summed E-state index contributed by atoms with van der Waals surface area (Å²) in [5.41, 5.74) is 0.576. The fraction of sp³-hybridized carbons (Fsp3) is 0.708. The first-order valence-electron chi connectivity index (χ1n) is 11.2. The van der Waals surface area contributed by atoms with Crippen LogP contribution in [0.1, 0.15) is 65.4 Å². The topological polar surface area (TPSA) is 74.2 Å². The Kier molecular flexibility index (Phi) is 13.7. The lowest BCUT2D eigenvalue weighted by molar-refractivity contribution is -0.140. The lowest BCUT2D eigenvalue weighted by atomic mass is 10.1. The minimum atomic E-state index is -0.888. The molecule has 8 heteroatoms. The Labute approximate surface area is 205 Å². The van der Waals surface area contributed by atoms with Crippen molar-refractivity contribution >= 4 is 28.6 Å². The van der Waals surface area contributed by atoms with Crippen LogP contribution in [0.2, 0.25) is 0 Å². The zero-order valence-electron chi connectivity index (χ0n) is 19.8. The fourth-order valence-corrected chi connectivity index (χ4v) is 3.53. The second-order valence-electron chi connectivity index (χ2n) is 8.56. The number of carboxylic acid groups (broad SMARTS) is 1. The van der Waals surface area contributed by atoms with E-state index in [4.69, 9.17) is 24.1 Å². The number of alkyl halides is 1. The molecule has 1 aromatic carbocycles. The van der Waals surface area contributed by atoms with Gasteiger partial charge in [0.15, 0.2) is 11.6 Å². The SMILES string of the molecule is CCCCCc1ccc(OCCOCCOC(C)(C)CCOC(C)(I)CC(=O)O)c(F)c1. The number of rotatable bonds is 18. The molecule has 0 aromatic heterocycles. The number of benzene rings is 1. The maximum absolute atomic E-state index is 14.1. The number of aryl methyl sites for hydroxylation is 1. The van der Waals surface area contributed by atoms with Gasteiger partial charge in [0.05, 0.1) is 38.4 Å². The molecule has 0 saturated heterocycles. The molecule has 1 aromatic rings. The van der Waals surface area contributed by atoms with E-state index in [1.54, 1.807) is 19.1 Å². The van der Waals surface area contributed by atoms with Gasteiger partial charge in [0, 0.05) is 0 Å². The molecular formula is C24H38FIO6. The van der Waals surface area contributed by atoms with Crippen molar-refractivity contribution in [2.75, 3.05) is 33.0 Å². The molecular weight excluding hydrogens is 530 g/mol. The van der Waals surface area contributed by atoms with Crippen molar-refractivity contribution in [3.63, 3.8) is 0 Å². The number of aliphatic carboxylic acids is 1. The Balaban J connectivity index is 2.16. The van der Waals surface area contributed by atoms with Gasteiger partial charge in [-0.1, -0.05) is 25.8 Å². The molecule has 6 nitrogen and oxygen atoms in total. The summed E-state index contributed by atoms with van der Waals surface area (Å²) in [6, 6.07) is 5.15. The molecule has 0 bridgehead atoms. The summed E-state index contributed by atoms with van der Waals surface area (Å²) in [6.45, 7) is 9.62. The lowest BCUT2D eigenvalue weighted by Gasteiger charge is -2.28. The minimum absolute atomic E-state index is 0.0578. The van der Waals surface area contributed by atoms with E-state index in [0.29, 0.717) is 32.8 Å². The van der Waals surface area contributed by atoms with Crippen LogP contribution >= 0.6 is 22.6 Å². The van der Waals surface area contributed by atoms with Crippen LogP contribution in [0.15, 0.2) is 18.2 Å². The first kappa shape index (κ1) is 29.1. The van der Waals surface area contributed by atoms with E-state index in [-0.39, 0.29) is 24.6 Å². The summed E-state index contributed by atoms with van der Waals surface area (Å²) in [4.78, 5) is 10.8. The predicted octanol–water partition coefficient (Wildman–Crippen LogP) is 5.78. The lowest BCUT2D eigenvalue weighted by Crippen LogP contribution is -2.31. The molecule has 0 aliphatic carbocycles. The molecule has 0 aliphatic rings. The zero-order valence-corrected chi connectivity index (χ0v) is 21.9. The first-order valence-corrected chi connectivity index (χ1v) is 12.3. The van der Waals surface area contributed by atoms with Crippen molar-refractivity contribution in [2.24, 2.45) is 0 Å². The second-order valence-corrected chi connectivity index (χ2v) is 10.8. The summed E-state index contributed by atoms with van der Waals surface area (Å²) >= 11 is 2.00. The highest BCUT2D eigenvalue weighted by Gasteiger charge is 2.26. The normalized spacial score (nSPS) is 13.7. The van der Waals surface area contributed by atoms with Crippen LogP contribution in [0.3, 0.4) is 0 Å². The number of ether oxygens (including phenoxy) is 4. The van der Waals surface area contributed by atoms with Crippen molar-refractivity contribution in [3.8, 4) is 5.75 Å². The van der Waals surface area contributed by atoms with Gasteiger partial charge in [-0.2, -0.15) is 0 Å². The highest BCUT2D eigenvalue weighted by atomic mass is 127. The standard InChI is InChI=1S/C24H38FIO6/c1-5-6-7-8-19-9-10-21(20(25)17-19)30-15-13-29-14-16-31-23(2,3)11-12-32-24(4,26)18-22(27)28/h9-10,17H,5-8,11-16,18H2,1-4H3,(H,27,28). The van der Waals surface area contributed by atoms with Gasteiger partial charge >= 0.3 is 5.97 Å². The number of unbranched alkanes of at least 4 members (excludes halogenated alkanes) is 2. The van der Waals surface area contributed by atoms with E-state index >= 15 is 0 Å².